The first-order valence-corrected chi connectivity index (χ1v) is 9.76. The smallest absolute Gasteiger partial charge is 0.254 e. The van der Waals surface area contributed by atoms with Crippen LogP contribution in [-0.4, -0.2) is 62.1 Å². The highest BCUT2D eigenvalue weighted by Gasteiger charge is 2.19. The van der Waals surface area contributed by atoms with E-state index in [-0.39, 0.29) is 0 Å². The lowest BCUT2D eigenvalue weighted by Gasteiger charge is -2.28. The van der Waals surface area contributed by atoms with E-state index in [2.05, 4.69) is 24.8 Å². The Hall–Kier alpha value is -3.72. The number of nitrogens with zero attached hydrogens (tertiary/aromatic N) is 8. The van der Waals surface area contributed by atoms with Gasteiger partial charge in [0.25, 0.3) is 5.78 Å². The summed E-state index contributed by atoms with van der Waals surface area (Å²) < 4.78 is 7.31. The third-order valence-corrected chi connectivity index (χ3v) is 4.80. The number of morpholine rings is 1. The first kappa shape index (κ1) is 18.3. The van der Waals surface area contributed by atoms with Crippen molar-refractivity contribution < 1.29 is 4.74 Å². The Labute approximate surface area is 173 Å². The SMILES string of the molecule is C(=NCc1cc(N2CCOCC2)n2nc(-c3ccncc3)nc2n1)c1cccnc1. The molecule has 0 unspecified atom stereocenters. The van der Waals surface area contributed by atoms with Gasteiger partial charge in [-0.05, 0) is 18.2 Å². The Balaban J connectivity index is 1.52. The minimum absolute atomic E-state index is 0.445. The highest BCUT2D eigenvalue weighted by atomic mass is 16.5. The maximum atomic E-state index is 5.51. The lowest BCUT2D eigenvalue weighted by Crippen LogP contribution is -2.37. The zero-order valence-electron chi connectivity index (χ0n) is 16.3. The van der Waals surface area contributed by atoms with Gasteiger partial charge in [-0.3, -0.25) is 15.0 Å². The van der Waals surface area contributed by atoms with E-state index in [1.54, 1.807) is 35.5 Å². The molecule has 1 saturated heterocycles. The molecule has 1 fully saturated rings. The molecule has 0 aliphatic carbocycles. The maximum Gasteiger partial charge on any atom is 0.254 e. The average Bonchev–Trinajstić information content (AvgIpc) is 3.25. The Morgan fingerprint density at radius 1 is 1.03 bits per heavy atom. The Morgan fingerprint density at radius 2 is 1.90 bits per heavy atom. The van der Waals surface area contributed by atoms with E-state index >= 15 is 0 Å². The van der Waals surface area contributed by atoms with Crippen molar-refractivity contribution in [3.05, 3.63) is 66.4 Å². The van der Waals surface area contributed by atoms with Gasteiger partial charge in [-0.1, -0.05) is 6.07 Å². The highest BCUT2D eigenvalue weighted by molar-refractivity contribution is 5.78. The molecule has 150 valence electrons. The van der Waals surface area contributed by atoms with Crippen LogP contribution in [0.25, 0.3) is 17.2 Å². The van der Waals surface area contributed by atoms with Gasteiger partial charge in [-0.15, -0.1) is 5.10 Å². The number of rotatable bonds is 5. The number of anilines is 1. The summed E-state index contributed by atoms with van der Waals surface area (Å²) in [6, 6.07) is 9.67. The van der Waals surface area contributed by atoms with Crippen molar-refractivity contribution in [3.63, 3.8) is 0 Å². The van der Waals surface area contributed by atoms with Gasteiger partial charge in [0.15, 0.2) is 5.82 Å². The highest BCUT2D eigenvalue weighted by Crippen LogP contribution is 2.22. The fourth-order valence-electron chi connectivity index (χ4n) is 3.32. The Kier molecular flexibility index (Phi) is 5.09. The standard InChI is InChI=1S/C21H20N8O/c1-2-16(13-23-5-1)14-24-15-18-12-19(28-8-10-30-11-9-28)29-21(25-18)26-20(27-29)17-3-6-22-7-4-17/h1-7,12-14H,8-11,15H2. The van der Waals surface area contributed by atoms with Gasteiger partial charge in [0.1, 0.15) is 5.82 Å². The summed E-state index contributed by atoms with van der Waals surface area (Å²) >= 11 is 0. The van der Waals surface area contributed by atoms with Crippen molar-refractivity contribution in [3.8, 4) is 11.4 Å². The third-order valence-electron chi connectivity index (χ3n) is 4.80. The molecule has 0 amide bonds. The molecule has 0 N–H and O–H groups in total. The minimum atomic E-state index is 0.445. The van der Waals surface area contributed by atoms with Gasteiger partial charge in [0, 0.05) is 61.3 Å². The lowest BCUT2D eigenvalue weighted by molar-refractivity contribution is 0.122. The molecule has 4 aromatic heterocycles. The Bertz CT molecular complexity index is 1150. The van der Waals surface area contributed by atoms with Gasteiger partial charge in [-0.25, -0.2) is 4.98 Å². The van der Waals surface area contributed by atoms with E-state index in [9.17, 15) is 0 Å². The van der Waals surface area contributed by atoms with Crippen molar-refractivity contribution in [2.24, 2.45) is 4.99 Å². The van der Waals surface area contributed by atoms with E-state index in [1.807, 2.05) is 30.3 Å². The lowest BCUT2D eigenvalue weighted by atomic mass is 10.3. The predicted molar refractivity (Wildman–Crippen MR) is 113 cm³/mol. The van der Waals surface area contributed by atoms with Gasteiger partial charge in [-0.2, -0.15) is 9.50 Å². The van der Waals surface area contributed by atoms with Crippen LogP contribution < -0.4 is 4.90 Å². The first-order chi connectivity index (χ1) is 14.9. The van der Waals surface area contributed by atoms with E-state index in [0.29, 0.717) is 31.4 Å². The molecular weight excluding hydrogens is 380 g/mol. The molecule has 1 aliphatic rings. The van der Waals surface area contributed by atoms with Crippen molar-refractivity contribution in [1.29, 1.82) is 0 Å². The van der Waals surface area contributed by atoms with Crippen LogP contribution in [0.5, 0.6) is 0 Å². The van der Waals surface area contributed by atoms with E-state index < -0.39 is 0 Å². The van der Waals surface area contributed by atoms with Crippen LogP contribution in [0.4, 0.5) is 5.82 Å². The van der Waals surface area contributed by atoms with Crippen LogP contribution in [0.1, 0.15) is 11.3 Å². The zero-order valence-corrected chi connectivity index (χ0v) is 16.3. The van der Waals surface area contributed by atoms with Crippen LogP contribution in [-0.2, 0) is 11.3 Å². The zero-order chi connectivity index (χ0) is 20.2. The second-order valence-electron chi connectivity index (χ2n) is 6.84. The first-order valence-electron chi connectivity index (χ1n) is 9.76. The minimum Gasteiger partial charge on any atom is -0.378 e. The fourth-order valence-corrected chi connectivity index (χ4v) is 3.32. The number of ether oxygens (including phenoxy) is 1. The summed E-state index contributed by atoms with van der Waals surface area (Å²) in [7, 11) is 0. The molecule has 0 radical (unpaired) electrons. The largest absolute Gasteiger partial charge is 0.378 e. The number of hydrogen-bond donors (Lipinski definition) is 0. The number of aliphatic imine (C=N–C) groups is 1. The van der Waals surface area contributed by atoms with Crippen LogP contribution in [0.3, 0.4) is 0 Å². The molecule has 0 bridgehead atoms. The maximum absolute atomic E-state index is 5.51. The van der Waals surface area contributed by atoms with Crippen LogP contribution >= 0.6 is 0 Å². The average molecular weight is 400 g/mol. The molecule has 9 heteroatoms. The summed E-state index contributed by atoms with van der Waals surface area (Å²) in [4.78, 5) is 24.3. The van der Waals surface area contributed by atoms with E-state index in [0.717, 1.165) is 35.7 Å². The normalized spacial score (nSPS) is 14.6. The predicted octanol–water partition coefficient (Wildman–Crippen LogP) is 2.04. The van der Waals surface area contributed by atoms with Gasteiger partial charge in [0.05, 0.1) is 25.5 Å². The molecule has 0 aromatic carbocycles. The summed E-state index contributed by atoms with van der Waals surface area (Å²) in [6.45, 7) is 3.40. The molecule has 0 atom stereocenters. The summed E-state index contributed by atoms with van der Waals surface area (Å²) in [6.07, 6.45) is 8.79. The Morgan fingerprint density at radius 3 is 2.70 bits per heavy atom. The van der Waals surface area contributed by atoms with Gasteiger partial charge < -0.3 is 9.64 Å². The summed E-state index contributed by atoms with van der Waals surface area (Å²) in [5, 5.41) is 4.71. The van der Waals surface area contributed by atoms with Crippen molar-refractivity contribution in [2.75, 3.05) is 31.2 Å². The van der Waals surface area contributed by atoms with Gasteiger partial charge >= 0.3 is 0 Å². The quantitative estimate of drug-likeness (QED) is 0.473. The number of hydrogen-bond acceptors (Lipinski definition) is 8. The van der Waals surface area contributed by atoms with Crippen molar-refractivity contribution in [2.45, 2.75) is 6.54 Å². The summed E-state index contributed by atoms with van der Waals surface area (Å²) in [5.41, 5.74) is 2.69. The van der Waals surface area contributed by atoms with Gasteiger partial charge in [0.2, 0.25) is 0 Å². The number of aromatic nitrogens is 6. The van der Waals surface area contributed by atoms with Crippen LogP contribution in [0.15, 0.2) is 60.1 Å². The van der Waals surface area contributed by atoms with Crippen LogP contribution in [0, 0.1) is 0 Å². The second kappa shape index (κ2) is 8.34. The molecule has 5 heterocycles. The molecular formula is C21H20N8O. The third kappa shape index (κ3) is 3.87. The van der Waals surface area contributed by atoms with Crippen LogP contribution in [0.2, 0.25) is 0 Å². The second-order valence-corrected chi connectivity index (χ2v) is 6.84. The molecule has 30 heavy (non-hydrogen) atoms. The monoisotopic (exact) mass is 400 g/mol. The molecule has 0 spiro atoms. The summed E-state index contributed by atoms with van der Waals surface area (Å²) in [5.74, 6) is 2.12. The number of pyridine rings is 2. The van der Waals surface area contributed by atoms with Crippen molar-refractivity contribution in [1.82, 2.24) is 29.5 Å². The van der Waals surface area contributed by atoms with E-state index in [4.69, 9.17) is 14.8 Å². The molecule has 4 aromatic rings. The molecule has 1 aliphatic heterocycles. The van der Waals surface area contributed by atoms with E-state index in [1.165, 1.54) is 0 Å². The molecule has 0 saturated carbocycles. The topological polar surface area (TPSA) is 93.7 Å². The number of fused-ring (bicyclic) bond motifs is 1. The molecule has 5 rings (SSSR count). The molecule has 9 nitrogen and oxygen atoms in total. The fraction of sp³-hybridized carbons (Fsp3) is 0.238. The van der Waals surface area contributed by atoms with Crippen molar-refractivity contribution >= 4 is 17.8 Å².